The van der Waals surface area contributed by atoms with Gasteiger partial charge in [0.1, 0.15) is 0 Å². The largest absolute Gasteiger partial charge is 0.356 e. The summed E-state index contributed by atoms with van der Waals surface area (Å²) in [5, 5.41) is 0. The van der Waals surface area contributed by atoms with E-state index in [4.69, 9.17) is 8.92 Å². The first-order valence-electron chi connectivity index (χ1n) is 4.17. The average molecular weight is 190 g/mol. The maximum atomic E-state index is 11.3. The number of ether oxygens (including phenoxy) is 1. The molecule has 1 saturated carbocycles. The van der Waals surface area contributed by atoms with E-state index in [2.05, 4.69) is 0 Å². The van der Waals surface area contributed by atoms with Crippen LogP contribution in [0.15, 0.2) is 0 Å². The lowest BCUT2D eigenvalue weighted by Crippen LogP contribution is -2.31. The summed E-state index contributed by atoms with van der Waals surface area (Å²) in [5.41, 5.74) is -0.649. The average Bonchev–Trinajstić information content (AvgIpc) is 2.54. The Hall–Kier alpha value is -0.130. The molecule has 0 aromatic carbocycles. The van der Waals surface area contributed by atoms with Crippen LogP contribution in [0.1, 0.15) is 13.3 Å². The van der Waals surface area contributed by atoms with E-state index in [1.807, 2.05) is 6.92 Å². The third-order valence-corrected chi connectivity index (χ3v) is 4.74. The van der Waals surface area contributed by atoms with Crippen molar-refractivity contribution in [2.45, 2.75) is 31.0 Å². The Morgan fingerprint density at radius 1 is 1.42 bits per heavy atom. The molecular weight excluding hydrogens is 180 g/mol. The fourth-order valence-electron chi connectivity index (χ4n) is 2.59. The topological polar surface area (TPSA) is 52.6 Å². The molecule has 0 N–H and O–H groups in total. The molecule has 2 heterocycles. The van der Waals surface area contributed by atoms with E-state index in [0.717, 1.165) is 6.42 Å². The fourth-order valence-corrected chi connectivity index (χ4v) is 4.30. The molecule has 2 saturated heterocycles. The first-order valence-corrected chi connectivity index (χ1v) is 5.64. The number of rotatable bonds is 0. The van der Waals surface area contributed by atoms with Crippen molar-refractivity contribution >= 4 is 10.1 Å². The van der Waals surface area contributed by atoms with Crippen LogP contribution in [0.2, 0.25) is 0 Å². The molecule has 5 heteroatoms. The van der Waals surface area contributed by atoms with Gasteiger partial charge in [-0.15, -0.1) is 0 Å². The van der Waals surface area contributed by atoms with Gasteiger partial charge < -0.3 is 4.74 Å². The second-order valence-corrected chi connectivity index (χ2v) is 5.50. The summed E-state index contributed by atoms with van der Waals surface area (Å²) in [6.07, 6.45) is 0.872. The monoisotopic (exact) mass is 190 g/mol. The molecule has 0 radical (unpaired) electrons. The van der Waals surface area contributed by atoms with Crippen LogP contribution in [-0.2, 0) is 19.0 Å². The van der Waals surface area contributed by atoms with Crippen molar-refractivity contribution in [1.29, 1.82) is 0 Å². The molecule has 5 atom stereocenters. The normalized spacial score (nSPS) is 59.6. The summed E-state index contributed by atoms with van der Waals surface area (Å²) < 4.78 is 32.9. The zero-order valence-electron chi connectivity index (χ0n) is 6.64. The Morgan fingerprint density at radius 3 is 2.75 bits per heavy atom. The highest BCUT2D eigenvalue weighted by atomic mass is 32.2. The summed E-state index contributed by atoms with van der Waals surface area (Å²) >= 11 is 0. The van der Waals surface area contributed by atoms with E-state index in [1.165, 1.54) is 0 Å². The summed E-state index contributed by atoms with van der Waals surface area (Å²) in [5.74, 6) is 0.346. The Kier molecular flexibility index (Phi) is 1.13. The number of hydrogen-bond acceptors (Lipinski definition) is 4. The van der Waals surface area contributed by atoms with Crippen molar-refractivity contribution in [3.8, 4) is 0 Å². The van der Waals surface area contributed by atoms with Crippen LogP contribution in [0.25, 0.3) is 0 Å². The summed E-state index contributed by atoms with van der Waals surface area (Å²) in [6.45, 7) is 1.99. The molecular formula is C7H10O4S. The molecule has 68 valence electrons. The van der Waals surface area contributed by atoms with Gasteiger partial charge in [-0.1, -0.05) is 6.92 Å². The van der Waals surface area contributed by atoms with Gasteiger partial charge in [-0.3, -0.25) is 4.18 Å². The fraction of sp³-hybridized carbons (Fsp3) is 1.00. The van der Waals surface area contributed by atoms with E-state index in [1.54, 1.807) is 0 Å². The molecule has 1 aliphatic carbocycles. The highest BCUT2D eigenvalue weighted by molar-refractivity contribution is 7.87. The van der Waals surface area contributed by atoms with Crippen LogP contribution in [0.3, 0.4) is 0 Å². The van der Waals surface area contributed by atoms with Crippen molar-refractivity contribution in [1.82, 2.24) is 0 Å². The summed E-state index contributed by atoms with van der Waals surface area (Å²) in [6, 6.07) is 0. The van der Waals surface area contributed by atoms with Crippen molar-refractivity contribution in [3.05, 3.63) is 0 Å². The smallest absolute Gasteiger partial charge is 0.295 e. The van der Waals surface area contributed by atoms with E-state index < -0.39 is 15.6 Å². The third kappa shape index (κ3) is 0.639. The Bertz CT molecular complexity index is 322. The minimum absolute atomic E-state index is 0.0984. The molecule has 0 spiro atoms. The van der Waals surface area contributed by atoms with Crippen LogP contribution < -0.4 is 0 Å². The van der Waals surface area contributed by atoms with Crippen LogP contribution in [0.4, 0.5) is 0 Å². The van der Waals surface area contributed by atoms with Gasteiger partial charge in [0.05, 0.1) is 12.2 Å². The van der Waals surface area contributed by atoms with Crippen molar-refractivity contribution < 1.29 is 17.3 Å². The van der Waals surface area contributed by atoms with Crippen molar-refractivity contribution in [2.75, 3.05) is 0 Å². The minimum Gasteiger partial charge on any atom is -0.356 e. The van der Waals surface area contributed by atoms with Gasteiger partial charge in [-0.2, -0.15) is 8.42 Å². The first kappa shape index (κ1) is 7.29. The Labute approximate surface area is 71.0 Å². The standard InChI is InChI=1S/C7H10O4S/c1-3-5-2-4-6(3)11-12(8,9)7(4)10-5/h3-7H,2H2,1H3. The molecule has 3 fully saturated rings. The van der Waals surface area contributed by atoms with Gasteiger partial charge in [0, 0.05) is 11.8 Å². The molecule has 2 bridgehead atoms. The molecule has 3 rings (SSSR count). The van der Waals surface area contributed by atoms with E-state index in [9.17, 15) is 8.42 Å². The zero-order chi connectivity index (χ0) is 8.51. The lowest BCUT2D eigenvalue weighted by Gasteiger charge is -2.20. The van der Waals surface area contributed by atoms with Gasteiger partial charge in [0.2, 0.25) is 0 Å². The maximum absolute atomic E-state index is 11.3. The highest BCUT2D eigenvalue weighted by Gasteiger charge is 2.63. The second-order valence-electron chi connectivity index (χ2n) is 3.86. The lowest BCUT2D eigenvalue weighted by atomic mass is 10.0. The molecule has 0 aromatic rings. The van der Waals surface area contributed by atoms with Gasteiger partial charge in [-0.05, 0) is 6.42 Å². The highest BCUT2D eigenvalue weighted by Crippen LogP contribution is 2.52. The lowest BCUT2D eigenvalue weighted by molar-refractivity contribution is -0.00700. The predicted molar refractivity (Wildman–Crippen MR) is 39.7 cm³/mol. The van der Waals surface area contributed by atoms with Crippen molar-refractivity contribution in [3.63, 3.8) is 0 Å². The Balaban J connectivity index is 2.11. The molecule has 4 nitrogen and oxygen atoms in total. The quantitative estimate of drug-likeness (QED) is 0.508. The van der Waals surface area contributed by atoms with Crippen LogP contribution in [-0.4, -0.2) is 26.1 Å². The summed E-state index contributed by atoms with van der Waals surface area (Å²) in [7, 11) is -3.39. The van der Waals surface area contributed by atoms with E-state index >= 15 is 0 Å². The van der Waals surface area contributed by atoms with Crippen molar-refractivity contribution in [2.24, 2.45) is 11.8 Å². The first-order chi connectivity index (χ1) is 5.59. The molecule has 5 unspecified atom stereocenters. The van der Waals surface area contributed by atoms with Gasteiger partial charge in [-0.25, -0.2) is 0 Å². The van der Waals surface area contributed by atoms with E-state index in [-0.39, 0.29) is 24.0 Å². The molecule has 0 aromatic heterocycles. The molecule has 0 amide bonds. The van der Waals surface area contributed by atoms with E-state index in [0.29, 0.717) is 0 Å². The van der Waals surface area contributed by atoms with Crippen LogP contribution in [0, 0.1) is 11.8 Å². The predicted octanol–water partition coefficient (Wildman–Crippen LogP) is 0.0959. The SMILES string of the molecule is CC1C2CC3C1OS(=O)(=O)C3O2. The summed E-state index contributed by atoms with van der Waals surface area (Å²) in [4.78, 5) is 0. The molecule has 2 aliphatic heterocycles. The van der Waals surface area contributed by atoms with Gasteiger partial charge in [0.25, 0.3) is 10.1 Å². The number of fused-ring (bicyclic) bond motifs is 1. The second kappa shape index (κ2) is 1.86. The molecule has 12 heavy (non-hydrogen) atoms. The zero-order valence-corrected chi connectivity index (χ0v) is 7.45. The minimum atomic E-state index is -3.39. The van der Waals surface area contributed by atoms with Gasteiger partial charge in [0.15, 0.2) is 5.44 Å². The molecule has 3 aliphatic rings. The van der Waals surface area contributed by atoms with Crippen LogP contribution >= 0.6 is 0 Å². The number of hydrogen-bond donors (Lipinski definition) is 0. The third-order valence-electron chi connectivity index (χ3n) is 3.22. The Morgan fingerprint density at radius 2 is 2.17 bits per heavy atom. The maximum Gasteiger partial charge on any atom is 0.295 e. The van der Waals surface area contributed by atoms with Gasteiger partial charge >= 0.3 is 0 Å². The van der Waals surface area contributed by atoms with Crippen LogP contribution in [0.5, 0.6) is 0 Å².